The molecule has 2 aliphatic heterocycles. The normalized spacial score (nSPS) is 30.6. The molecule has 33 heavy (non-hydrogen) atoms. The molecule has 0 bridgehead atoms. The maximum atomic E-state index is 11.4. The van der Waals surface area contributed by atoms with Crippen LogP contribution in [0.2, 0.25) is 0 Å². The molecule has 4 aromatic carbocycles. The quantitative estimate of drug-likeness (QED) is 0.360. The highest BCUT2D eigenvalue weighted by atomic mass is 16.6. The zero-order valence-corrected chi connectivity index (χ0v) is 18.3. The van der Waals surface area contributed by atoms with Crippen molar-refractivity contribution >= 4 is 33.6 Å². The van der Waals surface area contributed by atoms with Gasteiger partial charge >= 0.3 is 0 Å². The summed E-state index contributed by atoms with van der Waals surface area (Å²) in [5, 5.41) is 16.5. The van der Waals surface area contributed by atoms with Crippen molar-refractivity contribution in [3.05, 3.63) is 95.1 Å². The number of hydrogen-bond donors (Lipinski definition) is 1. The molecule has 5 atom stereocenters. The first-order valence-corrected chi connectivity index (χ1v) is 11.7. The average Bonchev–Trinajstić information content (AvgIpc) is 3.31. The molecule has 1 saturated carbocycles. The van der Waals surface area contributed by atoms with Crippen LogP contribution in [0, 0.1) is 0 Å². The topological polar surface area (TPSA) is 44.8 Å². The lowest BCUT2D eigenvalue weighted by Crippen LogP contribution is -2.40. The minimum Gasteiger partial charge on any atom is -0.362 e. The summed E-state index contributed by atoms with van der Waals surface area (Å²) in [7, 11) is 1.61. The van der Waals surface area contributed by atoms with Crippen LogP contribution >= 0.6 is 0 Å². The second kappa shape index (κ2) is 5.96. The van der Waals surface area contributed by atoms with E-state index in [-0.39, 0.29) is 23.9 Å². The van der Waals surface area contributed by atoms with Crippen molar-refractivity contribution in [1.82, 2.24) is 0 Å². The van der Waals surface area contributed by atoms with E-state index < -0.39 is 5.79 Å². The van der Waals surface area contributed by atoms with E-state index in [0.29, 0.717) is 0 Å². The van der Waals surface area contributed by atoms with Crippen LogP contribution in [0.4, 0.5) is 0 Å². The van der Waals surface area contributed by atoms with Crippen LogP contribution in [0.1, 0.15) is 34.1 Å². The van der Waals surface area contributed by atoms with Crippen LogP contribution in [0.3, 0.4) is 0 Å². The molecule has 1 N–H and O–H groups in total. The SMILES string of the molecule is COC1(O)C2c3ccc4ccccc4c3C3=[N+](C=NC4Cc5c(ccc6ccccc56)C34)C21. The maximum absolute atomic E-state index is 11.4. The summed E-state index contributed by atoms with van der Waals surface area (Å²) in [6.45, 7) is 0. The Morgan fingerprint density at radius 3 is 2.39 bits per heavy atom. The minimum atomic E-state index is -1.19. The Labute approximate surface area is 191 Å². The van der Waals surface area contributed by atoms with E-state index in [2.05, 4.69) is 77.4 Å². The number of fused-ring (bicyclic) bond motifs is 13. The summed E-state index contributed by atoms with van der Waals surface area (Å²) in [5.41, 5.74) is 6.50. The molecule has 4 heteroatoms. The molecular formula is C29H23N2O2+. The predicted octanol–water partition coefficient (Wildman–Crippen LogP) is 4.36. The van der Waals surface area contributed by atoms with E-state index in [0.717, 1.165) is 6.42 Å². The Hall–Kier alpha value is -3.34. The largest absolute Gasteiger partial charge is 0.362 e. The van der Waals surface area contributed by atoms with Gasteiger partial charge in [-0.25, -0.2) is 4.58 Å². The van der Waals surface area contributed by atoms with Crippen LogP contribution in [0.15, 0.2) is 77.8 Å². The Morgan fingerprint density at radius 2 is 1.61 bits per heavy atom. The number of hydrogen-bond acceptors (Lipinski definition) is 3. The van der Waals surface area contributed by atoms with Crippen LogP contribution in [0.25, 0.3) is 21.5 Å². The highest BCUT2D eigenvalue weighted by Gasteiger charge is 2.74. The Morgan fingerprint density at radius 1 is 0.909 bits per heavy atom. The summed E-state index contributed by atoms with van der Waals surface area (Å²) < 4.78 is 7.92. The van der Waals surface area contributed by atoms with E-state index in [1.54, 1.807) is 7.11 Å². The van der Waals surface area contributed by atoms with Gasteiger partial charge in [-0.1, -0.05) is 77.8 Å². The summed E-state index contributed by atoms with van der Waals surface area (Å²) in [5.74, 6) is -1.10. The Bertz CT molecular complexity index is 1590. The molecule has 4 aliphatic rings. The van der Waals surface area contributed by atoms with Crippen LogP contribution in [0.5, 0.6) is 0 Å². The Kier molecular flexibility index (Phi) is 3.27. The van der Waals surface area contributed by atoms with Gasteiger partial charge in [0.05, 0.1) is 11.8 Å². The predicted molar refractivity (Wildman–Crippen MR) is 129 cm³/mol. The van der Waals surface area contributed by atoms with Gasteiger partial charge in [-0.3, -0.25) is 0 Å². The third-order valence-corrected chi connectivity index (χ3v) is 8.42. The summed E-state index contributed by atoms with van der Waals surface area (Å²) >= 11 is 0. The molecule has 2 heterocycles. The highest BCUT2D eigenvalue weighted by Crippen LogP contribution is 2.59. The van der Waals surface area contributed by atoms with Gasteiger partial charge in [0.15, 0.2) is 12.1 Å². The van der Waals surface area contributed by atoms with Gasteiger partial charge in [0.25, 0.3) is 6.34 Å². The molecular weight excluding hydrogens is 408 g/mol. The molecule has 2 aliphatic carbocycles. The summed E-state index contributed by atoms with van der Waals surface area (Å²) in [6.07, 6.45) is 2.92. The van der Waals surface area contributed by atoms with Crippen molar-refractivity contribution in [3.63, 3.8) is 0 Å². The fourth-order valence-electron chi connectivity index (χ4n) is 6.93. The van der Waals surface area contributed by atoms with Gasteiger partial charge in [0, 0.05) is 19.1 Å². The standard InChI is InChI=1S/C29H23N2O2/c1-33-29(32)26-21-13-11-17-7-3-5-9-19(17)24(21)27-25-20-12-10-16-6-2-4-8-18(16)22(20)14-23(25)30-15-31(27)28(26)29/h2-13,15,23,25-26,28,32H,14H2,1H3/q+1. The van der Waals surface area contributed by atoms with Gasteiger partial charge < -0.3 is 9.84 Å². The number of benzene rings is 4. The second-order valence-electron chi connectivity index (χ2n) is 9.79. The lowest BCUT2D eigenvalue weighted by molar-refractivity contribution is -0.443. The fraction of sp³-hybridized carbons (Fsp3) is 0.241. The van der Waals surface area contributed by atoms with Crippen LogP contribution in [-0.2, 0) is 11.2 Å². The van der Waals surface area contributed by atoms with Gasteiger partial charge in [-0.2, -0.15) is 0 Å². The molecule has 160 valence electrons. The molecule has 0 aromatic heterocycles. The third kappa shape index (κ3) is 2.09. The first-order chi connectivity index (χ1) is 16.2. The molecule has 4 aromatic rings. The van der Waals surface area contributed by atoms with Crippen molar-refractivity contribution in [1.29, 1.82) is 0 Å². The molecule has 4 nitrogen and oxygen atoms in total. The van der Waals surface area contributed by atoms with E-state index in [4.69, 9.17) is 9.73 Å². The average molecular weight is 432 g/mol. The lowest BCUT2D eigenvalue weighted by Gasteiger charge is -2.27. The van der Waals surface area contributed by atoms with E-state index in [9.17, 15) is 5.11 Å². The van der Waals surface area contributed by atoms with E-state index >= 15 is 0 Å². The summed E-state index contributed by atoms with van der Waals surface area (Å²) in [4.78, 5) is 5.04. The number of aliphatic hydroxyl groups is 1. The van der Waals surface area contributed by atoms with Crippen LogP contribution < -0.4 is 0 Å². The highest BCUT2D eigenvalue weighted by molar-refractivity contribution is 6.16. The number of rotatable bonds is 1. The fourth-order valence-corrected chi connectivity index (χ4v) is 6.93. The van der Waals surface area contributed by atoms with Crippen molar-refractivity contribution in [2.75, 3.05) is 7.11 Å². The smallest absolute Gasteiger partial charge is 0.281 e. The number of ether oxygens (including phenoxy) is 1. The van der Waals surface area contributed by atoms with Crippen molar-refractivity contribution < 1.29 is 14.4 Å². The Balaban J connectivity index is 1.45. The molecule has 0 spiro atoms. The molecule has 8 rings (SSSR count). The molecule has 0 saturated heterocycles. The number of methoxy groups -OCH3 is 1. The molecule has 1 fully saturated rings. The number of nitrogens with zero attached hydrogens (tertiary/aromatic N) is 2. The third-order valence-electron chi connectivity index (χ3n) is 8.42. The first-order valence-electron chi connectivity index (χ1n) is 11.7. The van der Waals surface area contributed by atoms with Gasteiger partial charge in [0.1, 0.15) is 5.71 Å². The van der Waals surface area contributed by atoms with Crippen molar-refractivity contribution in [3.8, 4) is 0 Å². The number of aliphatic imine (C=N–C) groups is 1. The first kappa shape index (κ1) is 18.1. The van der Waals surface area contributed by atoms with E-state index in [1.165, 1.54) is 49.5 Å². The zero-order chi connectivity index (χ0) is 21.9. The summed E-state index contributed by atoms with van der Waals surface area (Å²) in [6, 6.07) is 26.2. The van der Waals surface area contributed by atoms with E-state index in [1.807, 2.05) is 6.34 Å². The second-order valence-corrected chi connectivity index (χ2v) is 9.79. The molecule has 0 radical (unpaired) electrons. The molecule has 5 unspecified atom stereocenters. The van der Waals surface area contributed by atoms with Crippen molar-refractivity contribution in [2.45, 2.75) is 36.1 Å². The lowest BCUT2D eigenvalue weighted by atomic mass is 9.81. The van der Waals surface area contributed by atoms with Gasteiger partial charge in [-0.05, 0) is 38.2 Å². The van der Waals surface area contributed by atoms with Crippen LogP contribution in [-0.4, -0.2) is 46.7 Å². The zero-order valence-electron chi connectivity index (χ0n) is 18.3. The van der Waals surface area contributed by atoms with Gasteiger partial charge in [0.2, 0.25) is 5.79 Å². The maximum Gasteiger partial charge on any atom is 0.281 e. The van der Waals surface area contributed by atoms with Gasteiger partial charge in [-0.15, -0.1) is 0 Å². The minimum absolute atomic E-state index is 0.0775. The monoisotopic (exact) mass is 431 g/mol. The van der Waals surface area contributed by atoms with Crippen molar-refractivity contribution in [2.24, 2.45) is 4.99 Å². The molecule has 0 amide bonds.